The second kappa shape index (κ2) is 9.42. The monoisotopic (exact) mass is 534 g/mol. The summed E-state index contributed by atoms with van der Waals surface area (Å²) in [5.74, 6) is 0.588. The first kappa shape index (κ1) is 24.9. The Bertz CT molecular complexity index is 1770. The average Bonchev–Trinajstić information content (AvgIpc) is 3.22. The van der Waals surface area contributed by atoms with Crippen molar-refractivity contribution in [3.8, 4) is 22.6 Å². The van der Waals surface area contributed by atoms with E-state index in [2.05, 4.69) is 15.3 Å². The highest BCUT2D eigenvalue weighted by molar-refractivity contribution is 6.04. The van der Waals surface area contributed by atoms with Crippen molar-refractivity contribution in [2.24, 2.45) is 7.05 Å². The van der Waals surface area contributed by atoms with E-state index in [0.717, 1.165) is 17.2 Å². The summed E-state index contributed by atoms with van der Waals surface area (Å²) in [7, 11) is 3.14. The molecule has 11 heteroatoms. The predicted molar refractivity (Wildman–Crippen MR) is 144 cm³/mol. The number of nitrogens with zero attached hydrogens (tertiary/aromatic N) is 5. The third-order valence-electron chi connectivity index (χ3n) is 7.17. The van der Waals surface area contributed by atoms with Crippen molar-refractivity contribution in [1.82, 2.24) is 24.4 Å². The van der Waals surface area contributed by atoms with Crippen LogP contribution in [0.2, 0.25) is 0 Å². The number of hydrogen-bond donors (Lipinski definition) is 1. The maximum Gasteiger partial charge on any atom is 0.418 e. The number of methoxy groups -OCH3 is 1. The SMILES string of the molecule is COc1cncc(-c2ccc3ncc4c(c3c2)n(-c2ccc(N3CCNCC3)c(C(F)(F)F)c2)c(=O)n4C)c1. The van der Waals surface area contributed by atoms with E-state index in [-0.39, 0.29) is 11.4 Å². The van der Waals surface area contributed by atoms with Gasteiger partial charge in [0.05, 0.1) is 47.3 Å². The summed E-state index contributed by atoms with van der Waals surface area (Å²) in [4.78, 5) is 24.0. The number of alkyl halides is 3. The first-order chi connectivity index (χ1) is 18.8. The molecular weight excluding hydrogens is 509 g/mol. The van der Waals surface area contributed by atoms with Crippen molar-refractivity contribution >= 4 is 27.6 Å². The van der Waals surface area contributed by atoms with E-state index >= 15 is 0 Å². The summed E-state index contributed by atoms with van der Waals surface area (Å²) in [6, 6.07) is 11.5. The Morgan fingerprint density at radius 3 is 2.51 bits per heavy atom. The van der Waals surface area contributed by atoms with Crippen LogP contribution >= 0.6 is 0 Å². The van der Waals surface area contributed by atoms with Crippen molar-refractivity contribution in [3.05, 3.63) is 77.1 Å². The zero-order valence-corrected chi connectivity index (χ0v) is 21.3. The van der Waals surface area contributed by atoms with Gasteiger partial charge in [0.2, 0.25) is 0 Å². The molecule has 5 aromatic rings. The molecule has 1 saturated heterocycles. The number of aromatic nitrogens is 4. The number of halogens is 3. The number of anilines is 1. The minimum Gasteiger partial charge on any atom is -0.495 e. The molecule has 1 aliphatic heterocycles. The van der Waals surface area contributed by atoms with Crippen LogP contribution in [-0.2, 0) is 13.2 Å². The van der Waals surface area contributed by atoms with Crippen LogP contribution in [0.3, 0.4) is 0 Å². The molecule has 6 rings (SSSR count). The van der Waals surface area contributed by atoms with Crippen LogP contribution in [0.25, 0.3) is 38.8 Å². The molecule has 1 aliphatic rings. The van der Waals surface area contributed by atoms with Gasteiger partial charge in [-0.15, -0.1) is 0 Å². The predicted octanol–water partition coefficient (Wildman–Crippen LogP) is 4.38. The number of aryl methyl sites for hydroxylation is 1. The number of nitrogens with one attached hydrogen (secondary N) is 1. The molecule has 0 spiro atoms. The van der Waals surface area contributed by atoms with Crippen molar-refractivity contribution in [2.45, 2.75) is 6.18 Å². The molecular formula is C28H25F3N6O2. The minimum absolute atomic E-state index is 0.111. The fourth-order valence-corrected chi connectivity index (χ4v) is 5.18. The van der Waals surface area contributed by atoms with E-state index in [9.17, 15) is 18.0 Å². The van der Waals surface area contributed by atoms with Crippen LogP contribution in [0.4, 0.5) is 18.9 Å². The molecule has 1 N–H and O–H groups in total. The summed E-state index contributed by atoms with van der Waals surface area (Å²) in [6.45, 7) is 2.14. The van der Waals surface area contributed by atoms with E-state index in [1.54, 1.807) is 43.7 Å². The molecule has 39 heavy (non-hydrogen) atoms. The maximum atomic E-state index is 14.3. The van der Waals surface area contributed by atoms with Crippen LogP contribution in [0, 0.1) is 0 Å². The number of rotatable bonds is 4. The Balaban J connectivity index is 1.59. The van der Waals surface area contributed by atoms with Gasteiger partial charge < -0.3 is 15.0 Å². The van der Waals surface area contributed by atoms with Crippen molar-refractivity contribution in [3.63, 3.8) is 0 Å². The smallest absolute Gasteiger partial charge is 0.418 e. The van der Waals surface area contributed by atoms with Gasteiger partial charge in [0, 0.05) is 56.1 Å². The highest BCUT2D eigenvalue weighted by atomic mass is 19.4. The van der Waals surface area contributed by atoms with Crippen LogP contribution in [-0.4, -0.2) is 52.4 Å². The summed E-state index contributed by atoms with van der Waals surface area (Å²) in [5, 5.41) is 3.79. The van der Waals surface area contributed by atoms with Crippen LogP contribution in [0.5, 0.6) is 5.75 Å². The second-order valence-corrected chi connectivity index (χ2v) is 9.45. The van der Waals surface area contributed by atoms with Crippen LogP contribution in [0.1, 0.15) is 5.56 Å². The Hall–Kier alpha value is -4.38. The molecule has 0 bridgehead atoms. The van der Waals surface area contributed by atoms with Gasteiger partial charge in [0.15, 0.2) is 0 Å². The molecule has 200 valence electrons. The highest BCUT2D eigenvalue weighted by Gasteiger charge is 2.36. The third-order valence-corrected chi connectivity index (χ3v) is 7.17. The van der Waals surface area contributed by atoms with Gasteiger partial charge in [-0.05, 0) is 42.0 Å². The van der Waals surface area contributed by atoms with Crippen molar-refractivity contribution < 1.29 is 17.9 Å². The summed E-state index contributed by atoms with van der Waals surface area (Å²) >= 11 is 0. The molecule has 1 fully saturated rings. The number of piperazine rings is 1. The van der Waals surface area contributed by atoms with Gasteiger partial charge in [-0.25, -0.2) is 4.79 Å². The Morgan fingerprint density at radius 1 is 0.974 bits per heavy atom. The van der Waals surface area contributed by atoms with Crippen molar-refractivity contribution in [1.29, 1.82) is 0 Å². The standard InChI is InChI=1S/C28H25F3N6O2/c1-35-25-16-34-23-5-3-17(18-11-20(39-2)15-33-14-18)12-21(23)26(25)37(27(35)38)19-4-6-24(22(13-19)28(29,30)31)36-9-7-32-8-10-36/h3-6,11-16,32H,7-10H2,1-2H3. The van der Waals surface area contributed by atoms with Gasteiger partial charge in [0.1, 0.15) is 5.75 Å². The molecule has 3 aromatic heterocycles. The largest absolute Gasteiger partial charge is 0.495 e. The zero-order valence-electron chi connectivity index (χ0n) is 21.3. The Labute approximate surface area is 221 Å². The van der Waals surface area contributed by atoms with Gasteiger partial charge in [-0.2, -0.15) is 13.2 Å². The van der Waals surface area contributed by atoms with Gasteiger partial charge in [-0.1, -0.05) is 6.07 Å². The number of pyridine rings is 2. The average molecular weight is 535 g/mol. The first-order valence-electron chi connectivity index (χ1n) is 12.4. The lowest BCUT2D eigenvalue weighted by molar-refractivity contribution is -0.137. The molecule has 0 aliphatic carbocycles. The van der Waals surface area contributed by atoms with E-state index in [1.807, 2.05) is 24.3 Å². The van der Waals surface area contributed by atoms with E-state index in [1.165, 1.54) is 15.2 Å². The molecule has 8 nitrogen and oxygen atoms in total. The summed E-state index contributed by atoms with van der Waals surface area (Å²) in [6.07, 6.45) is 0.268. The third kappa shape index (κ3) is 4.28. The van der Waals surface area contributed by atoms with E-state index in [4.69, 9.17) is 4.74 Å². The van der Waals surface area contributed by atoms with Crippen molar-refractivity contribution in [2.75, 3.05) is 38.2 Å². The molecule has 2 aromatic carbocycles. The normalized spacial score (nSPS) is 14.3. The number of benzene rings is 2. The summed E-state index contributed by atoms with van der Waals surface area (Å²) in [5.41, 5.74) is 2.20. The van der Waals surface area contributed by atoms with Gasteiger partial charge >= 0.3 is 11.9 Å². The fourth-order valence-electron chi connectivity index (χ4n) is 5.18. The minimum atomic E-state index is -4.60. The molecule has 0 unspecified atom stereocenters. The second-order valence-electron chi connectivity index (χ2n) is 9.45. The summed E-state index contributed by atoms with van der Waals surface area (Å²) < 4.78 is 51.0. The quantitative estimate of drug-likeness (QED) is 0.369. The van der Waals surface area contributed by atoms with E-state index < -0.39 is 17.4 Å². The van der Waals surface area contributed by atoms with E-state index in [0.29, 0.717) is 53.9 Å². The number of hydrogen-bond acceptors (Lipinski definition) is 6. The lowest BCUT2D eigenvalue weighted by Gasteiger charge is -2.31. The Morgan fingerprint density at radius 2 is 1.77 bits per heavy atom. The fraction of sp³-hybridized carbons (Fsp3) is 0.250. The molecule has 0 atom stereocenters. The van der Waals surface area contributed by atoms with Crippen LogP contribution < -0.4 is 20.6 Å². The molecule has 4 heterocycles. The number of imidazole rings is 1. The van der Waals surface area contributed by atoms with Gasteiger partial charge in [-0.3, -0.25) is 19.1 Å². The molecule has 0 saturated carbocycles. The maximum absolute atomic E-state index is 14.3. The van der Waals surface area contributed by atoms with Crippen LogP contribution in [0.15, 0.2) is 65.8 Å². The number of ether oxygens (including phenoxy) is 1. The lowest BCUT2D eigenvalue weighted by Crippen LogP contribution is -2.44. The van der Waals surface area contributed by atoms with Gasteiger partial charge in [0.25, 0.3) is 0 Å². The highest BCUT2D eigenvalue weighted by Crippen LogP contribution is 2.39. The zero-order chi connectivity index (χ0) is 27.3. The topological polar surface area (TPSA) is 77.2 Å². The first-order valence-corrected chi connectivity index (χ1v) is 12.4. The Kier molecular flexibility index (Phi) is 6.02. The molecule has 0 radical (unpaired) electrons. The number of fused-ring (bicyclic) bond motifs is 3. The molecule has 0 amide bonds. The lowest BCUT2D eigenvalue weighted by atomic mass is 10.0.